The smallest absolute Gasteiger partial charge is 0.416 e. The maximum absolute atomic E-state index is 13.3. The number of aromatic carboxylic acids is 1. The van der Waals surface area contributed by atoms with Crippen molar-refractivity contribution < 1.29 is 31.5 Å². The number of carboxylic acid groups (broad SMARTS) is 1. The van der Waals surface area contributed by atoms with E-state index in [1.807, 2.05) is 6.07 Å². The fraction of sp³-hybridized carbons (Fsp3) is 0.182. The average Bonchev–Trinajstić information content (AvgIpc) is 3.21. The number of hydrogen-bond acceptors (Lipinski definition) is 5. The minimum atomic E-state index is -4.68. The number of nitriles is 1. The molecule has 0 aliphatic rings. The number of alkyl halides is 3. The zero-order valence-corrected chi connectivity index (χ0v) is 18.2. The summed E-state index contributed by atoms with van der Waals surface area (Å²) in [7, 11) is -4.19. The topological polar surface area (TPSA) is 95.2 Å². The first kappa shape index (κ1) is 23.5. The summed E-state index contributed by atoms with van der Waals surface area (Å²) >= 11 is 1.03. The van der Waals surface area contributed by atoms with Crippen molar-refractivity contribution in [2.24, 2.45) is 0 Å². The molecule has 3 aromatic rings. The summed E-state index contributed by atoms with van der Waals surface area (Å²) in [5.41, 5.74) is -0.693. The lowest BCUT2D eigenvalue weighted by Gasteiger charge is -2.15. The molecule has 0 aliphatic carbocycles. The third kappa shape index (κ3) is 4.84. The van der Waals surface area contributed by atoms with Crippen LogP contribution in [0.15, 0.2) is 53.4 Å². The molecule has 1 aromatic heterocycles. The van der Waals surface area contributed by atoms with Crippen LogP contribution in [-0.2, 0) is 28.2 Å². The van der Waals surface area contributed by atoms with E-state index in [0.29, 0.717) is 21.7 Å². The molecular weight excluding hydrogens is 463 g/mol. The minimum Gasteiger partial charge on any atom is -0.478 e. The molecule has 0 unspecified atom stereocenters. The van der Waals surface area contributed by atoms with E-state index in [2.05, 4.69) is 0 Å². The number of hydrogen-bond donors (Lipinski definition) is 1. The van der Waals surface area contributed by atoms with Crippen LogP contribution < -0.4 is 0 Å². The van der Waals surface area contributed by atoms with E-state index >= 15 is 0 Å². The van der Waals surface area contributed by atoms with E-state index in [4.69, 9.17) is 5.26 Å². The highest BCUT2D eigenvalue weighted by molar-refractivity contribution is 7.90. The molecule has 0 fully saturated rings. The van der Waals surface area contributed by atoms with Crippen LogP contribution in [0.2, 0.25) is 0 Å². The van der Waals surface area contributed by atoms with Gasteiger partial charge >= 0.3 is 12.1 Å². The maximum atomic E-state index is 13.3. The first-order valence-electron chi connectivity index (χ1n) is 9.25. The van der Waals surface area contributed by atoms with Crippen LogP contribution in [0.1, 0.15) is 38.8 Å². The van der Waals surface area contributed by atoms with Gasteiger partial charge in [0.15, 0.2) is 9.84 Å². The molecule has 10 heteroatoms. The lowest BCUT2D eigenvalue weighted by molar-refractivity contribution is -0.137. The molecule has 5 nitrogen and oxygen atoms in total. The molecule has 0 amide bonds. The Labute approximate surface area is 186 Å². The maximum Gasteiger partial charge on any atom is 0.416 e. The van der Waals surface area contributed by atoms with Crippen LogP contribution in [0.5, 0.6) is 0 Å². The summed E-state index contributed by atoms with van der Waals surface area (Å²) in [5.74, 6) is -2.08. The van der Waals surface area contributed by atoms with Crippen LogP contribution in [0.3, 0.4) is 0 Å². The number of aryl methyl sites for hydroxylation is 1. The van der Waals surface area contributed by atoms with E-state index in [0.717, 1.165) is 29.5 Å². The third-order valence-corrected chi connectivity index (χ3v) is 7.55. The van der Waals surface area contributed by atoms with Gasteiger partial charge in [0.1, 0.15) is 10.9 Å². The largest absolute Gasteiger partial charge is 0.478 e. The van der Waals surface area contributed by atoms with Crippen molar-refractivity contribution in [3.8, 4) is 16.5 Å². The summed E-state index contributed by atoms with van der Waals surface area (Å²) < 4.78 is 66.4. The zero-order chi connectivity index (χ0) is 23.7. The molecule has 0 saturated heterocycles. The highest BCUT2D eigenvalue weighted by atomic mass is 32.2. The van der Waals surface area contributed by atoms with E-state index in [-0.39, 0.29) is 21.6 Å². The Kier molecular flexibility index (Phi) is 6.44. The Morgan fingerprint density at radius 2 is 1.81 bits per heavy atom. The summed E-state index contributed by atoms with van der Waals surface area (Å²) in [6.45, 7) is 1.69. The molecule has 0 radical (unpaired) electrons. The predicted octanol–water partition coefficient (Wildman–Crippen LogP) is 5.54. The van der Waals surface area contributed by atoms with Crippen LogP contribution in [-0.4, -0.2) is 19.5 Å². The second-order valence-electron chi connectivity index (χ2n) is 6.89. The molecule has 1 heterocycles. The van der Waals surface area contributed by atoms with Gasteiger partial charge in [-0.2, -0.15) is 18.4 Å². The number of thiophene rings is 1. The van der Waals surface area contributed by atoms with Crippen molar-refractivity contribution in [3.63, 3.8) is 0 Å². The standard InChI is InChI=1S/C22H16F3NO4S2/c1-2-13-3-4-14(21(27)28)10-20(13)32(29,30)12-15-9-16(22(23,24)25)5-7-18(15)19-8-6-17(11-26)31-19/h3-10H,2,12H2,1H3,(H,27,28). The molecule has 1 N–H and O–H groups in total. The Bertz CT molecular complexity index is 1340. The lowest BCUT2D eigenvalue weighted by Crippen LogP contribution is -2.12. The third-order valence-electron chi connectivity index (χ3n) is 4.79. The molecule has 0 saturated carbocycles. The van der Waals surface area contributed by atoms with Crippen molar-refractivity contribution in [3.05, 3.63) is 75.7 Å². The number of benzene rings is 2. The molecule has 0 bridgehead atoms. The Morgan fingerprint density at radius 3 is 2.38 bits per heavy atom. The van der Waals surface area contributed by atoms with E-state index in [1.165, 1.54) is 24.3 Å². The van der Waals surface area contributed by atoms with Gasteiger partial charge in [0.25, 0.3) is 0 Å². The Morgan fingerprint density at radius 1 is 1.09 bits per heavy atom. The highest BCUT2D eigenvalue weighted by Gasteiger charge is 2.32. The lowest BCUT2D eigenvalue weighted by atomic mass is 10.0. The van der Waals surface area contributed by atoms with E-state index in [9.17, 15) is 31.5 Å². The van der Waals surface area contributed by atoms with Gasteiger partial charge in [0.2, 0.25) is 0 Å². The van der Waals surface area contributed by atoms with Crippen molar-refractivity contribution in [2.45, 2.75) is 30.2 Å². The van der Waals surface area contributed by atoms with E-state index in [1.54, 1.807) is 13.0 Å². The molecule has 32 heavy (non-hydrogen) atoms. The summed E-state index contributed by atoms with van der Waals surface area (Å²) in [5, 5.41) is 18.3. The average molecular weight is 480 g/mol. The van der Waals surface area contributed by atoms with Crippen molar-refractivity contribution >= 4 is 27.1 Å². The van der Waals surface area contributed by atoms with E-state index < -0.39 is 33.3 Å². The Balaban J connectivity index is 2.17. The number of rotatable bonds is 6. The number of sulfone groups is 1. The minimum absolute atomic E-state index is 0.0889. The van der Waals surface area contributed by atoms with Gasteiger partial charge in [-0.1, -0.05) is 19.1 Å². The Hall–Kier alpha value is -3.16. The quantitative estimate of drug-likeness (QED) is 0.501. The number of halogens is 3. The van der Waals surface area contributed by atoms with Crippen molar-refractivity contribution in [1.82, 2.24) is 0 Å². The van der Waals surface area contributed by atoms with Crippen molar-refractivity contribution in [1.29, 1.82) is 5.26 Å². The summed E-state index contributed by atoms with van der Waals surface area (Å²) in [4.78, 5) is 11.9. The second kappa shape index (κ2) is 8.76. The fourth-order valence-corrected chi connectivity index (χ4v) is 5.81. The van der Waals surface area contributed by atoms with Gasteiger partial charge < -0.3 is 5.11 Å². The number of carbonyl (C=O) groups is 1. The van der Waals surface area contributed by atoms with Gasteiger partial charge in [0, 0.05) is 4.88 Å². The van der Waals surface area contributed by atoms with Gasteiger partial charge in [0.05, 0.1) is 21.8 Å². The number of carboxylic acids is 1. The van der Waals surface area contributed by atoms with Crippen LogP contribution in [0.4, 0.5) is 13.2 Å². The molecule has 0 atom stereocenters. The predicted molar refractivity (Wildman–Crippen MR) is 113 cm³/mol. The van der Waals surface area contributed by atoms with Crippen LogP contribution >= 0.6 is 11.3 Å². The molecule has 0 aliphatic heterocycles. The first-order chi connectivity index (χ1) is 15.0. The molecule has 3 rings (SSSR count). The molecule has 2 aromatic carbocycles. The van der Waals surface area contributed by atoms with Gasteiger partial charge in [-0.05, 0) is 59.5 Å². The van der Waals surface area contributed by atoms with Gasteiger partial charge in [-0.3, -0.25) is 0 Å². The van der Waals surface area contributed by atoms with Crippen molar-refractivity contribution in [2.75, 3.05) is 0 Å². The first-order valence-corrected chi connectivity index (χ1v) is 11.7. The van der Waals surface area contributed by atoms with Gasteiger partial charge in [-0.15, -0.1) is 11.3 Å². The fourth-order valence-electron chi connectivity index (χ4n) is 3.22. The summed E-state index contributed by atoms with van der Waals surface area (Å²) in [6, 6.07) is 11.5. The second-order valence-corrected chi connectivity index (χ2v) is 9.93. The molecule has 0 spiro atoms. The zero-order valence-electron chi connectivity index (χ0n) is 16.6. The van der Waals surface area contributed by atoms with Gasteiger partial charge in [-0.25, -0.2) is 13.2 Å². The highest BCUT2D eigenvalue weighted by Crippen LogP contribution is 2.37. The SMILES string of the molecule is CCc1ccc(C(=O)O)cc1S(=O)(=O)Cc1cc(C(F)(F)F)ccc1-c1ccc(C#N)s1. The van der Waals surface area contributed by atoms with Crippen LogP contribution in [0.25, 0.3) is 10.4 Å². The molecular formula is C22H16F3NO4S2. The normalized spacial score (nSPS) is 11.8. The number of nitrogens with zero attached hydrogens (tertiary/aromatic N) is 1. The summed E-state index contributed by atoms with van der Waals surface area (Å²) in [6.07, 6.45) is -4.39. The molecule has 166 valence electrons. The monoisotopic (exact) mass is 479 g/mol. The van der Waals surface area contributed by atoms with Crippen LogP contribution in [0, 0.1) is 11.3 Å².